The standard InChI is InChI=1S/C10H18N2O5S.C8H5Cl2IO3.C8H3Cl2IO2.C8H5Cl2NO2.C8H7NO2.CH4.Na/c1-10(2,3)17-9(13)11-4-5-12-8(6-11)7-16-18(12,14)15;9-5-1-3(8(13)14)4(2-12)6(10)7(5)11;2*9-5-1-3-4(2-13-8(3)12)6(10)7(5)11;9-6-1-2-7-5(3-6)4-11-8(7)10;;/h8H,4-7H2,1-3H3;1,12H,2H2,(H,13,14);1H,2H2;1H,2,11H2;1-3H,4,9H2;1H4;/q;;;;;;+1/p-1/t8-;;;;;;/m1....../s1. The number of ether oxygens (including phenoxy) is 4. The summed E-state index contributed by atoms with van der Waals surface area (Å²) in [6.07, 6.45) is -0.411. The molecule has 1 atom stereocenters. The quantitative estimate of drug-likeness (QED) is 0.0540. The van der Waals surface area contributed by atoms with Gasteiger partial charge in [0.1, 0.15) is 25.4 Å². The first-order valence-corrected chi connectivity index (χ1v) is 25.4. The second-order valence-electron chi connectivity index (χ2n) is 15.7. The number of carboxylic acids is 1. The first kappa shape index (κ1) is 63.0. The van der Waals surface area contributed by atoms with E-state index in [9.17, 15) is 37.5 Å². The van der Waals surface area contributed by atoms with Crippen LogP contribution in [0.3, 0.4) is 0 Å². The van der Waals surface area contributed by atoms with Crippen molar-refractivity contribution < 1.29 is 95.3 Å². The number of carbonyl (C=O) groups excluding carboxylic acids is 5. The topological polar surface area (TPSA) is 267 Å². The zero-order valence-electron chi connectivity index (χ0n) is 36.9. The van der Waals surface area contributed by atoms with Gasteiger partial charge in [0.2, 0.25) is 0 Å². The molecular formula is C43H41Cl6I2N4NaO14S. The van der Waals surface area contributed by atoms with Crippen molar-refractivity contribution in [2.45, 2.75) is 66.3 Å². The van der Waals surface area contributed by atoms with Gasteiger partial charge in [-0.05, 0) is 102 Å². The number of aliphatic hydroxyl groups excluding tert-OH is 1. The predicted molar refractivity (Wildman–Crippen MR) is 278 cm³/mol. The summed E-state index contributed by atoms with van der Waals surface area (Å²) in [6, 6.07) is 9.16. The summed E-state index contributed by atoms with van der Waals surface area (Å²) in [5.41, 5.74) is 15.2. The van der Waals surface area contributed by atoms with Gasteiger partial charge in [-0.25, -0.2) is 19.2 Å². The van der Waals surface area contributed by atoms with Crippen LogP contribution in [0.2, 0.25) is 30.1 Å². The summed E-state index contributed by atoms with van der Waals surface area (Å²) in [5.74, 6) is -2.41. The maximum absolute atomic E-state index is 11.9. The Morgan fingerprint density at radius 2 is 1.32 bits per heavy atom. The molecule has 5 aliphatic rings. The van der Waals surface area contributed by atoms with Crippen LogP contribution in [0.25, 0.3) is 0 Å². The Hall–Kier alpha value is -2.34. The number of fused-ring (bicyclic) bond motifs is 4. The molecule has 5 N–H and O–H groups in total. The number of amides is 1. The van der Waals surface area contributed by atoms with Crippen molar-refractivity contribution in [3.8, 4) is 0 Å². The molecule has 9 rings (SSSR count). The average molecular weight is 1360 g/mol. The van der Waals surface area contributed by atoms with Crippen molar-refractivity contribution in [1.82, 2.24) is 9.21 Å². The number of cyclic esters (lactones) is 3. The minimum absolute atomic E-state index is 0. The summed E-state index contributed by atoms with van der Waals surface area (Å²) in [5, 5.41) is 21.6. The van der Waals surface area contributed by atoms with Crippen molar-refractivity contribution in [2.24, 2.45) is 0 Å². The van der Waals surface area contributed by atoms with Gasteiger partial charge in [-0.2, -0.15) is 12.7 Å². The summed E-state index contributed by atoms with van der Waals surface area (Å²) in [7, 11) is -3.58. The Bertz CT molecular complexity index is 2790. The van der Waals surface area contributed by atoms with Gasteiger partial charge in [0, 0.05) is 53.1 Å². The predicted octanol–water partition coefficient (Wildman–Crippen LogP) is 5.73. The van der Waals surface area contributed by atoms with E-state index in [1.165, 1.54) is 21.3 Å². The van der Waals surface area contributed by atoms with Gasteiger partial charge >= 0.3 is 63.9 Å². The van der Waals surface area contributed by atoms with Gasteiger partial charge < -0.3 is 50.3 Å². The Labute approximate surface area is 487 Å². The fourth-order valence-electron chi connectivity index (χ4n) is 6.50. The van der Waals surface area contributed by atoms with Crippen molar-refractivity contribution in [3.63, 3.8) is 0 Å². The minimum atomic E-state index is -3.58. The van der Waals surface area contributed by atoms with Crippen LogP contribution in [0, 0.1) is 7.14 Å². The number of aliphatic hydroxyl groups is 1. The van der Waals surface area contributed by atoms with Gasteiger partial charge in [0.05, 0.1) is 84.9 Å². The molecule has 2 saturated heterocycles. The van der Waals surface area contributed by atoms with Gasteiger partial charge in [-0.3, -0.25) is 4.18 Å². The molecule has 71 heavy (non-hydrogen) atoms. The molecule has 380 valence electrons. The third kappa shape index (κ3) is 15.4. The number of carboxylic acid groups (broad SMARTS) is 1. The fraction of sp³-hybridized carbons (Fsp3) is 0.326. The normalized spacial score (nSPS) is 16.5. The molecule has 1 amide bonds. The molecule has 0 spiro atoms. The smallest absolute Gasteiger partial charge is 0.545 e. The van der Waals surface area contributed by atoms with E-state index in [1.807, 2.05) is 45.2 Å². The van der Waals surface area contributed by atoms with E-state index in [2.05, 4.69) is 0 Å². The van der Waals surface area contributed by atoms with Gasteiger partial charge in [0.25, 0.3) is 0 Å². The number of nitrogens with two attached hydrogens (primary N) is 2. The number of piperazine rings is 1. The summed E-state index contributed by atoms with van der Waals surface area (Å²) >= 11 is 38.9. The molecule has 0 aliphatic carbocycles. The second-order valence-corrected chi connectivity index (χ2v) is 21.7. The van der Waals surface area contributed by atoms with E-state index >= 15 is 0 Å². The van der Waals surface area contributed by atoms with Crippen molar-refractivity contribution in [3.05, 3.63) is 118 Å². The minimum Gasteiger partial charge on any atom is -0.545 e. The summed E-state index contributed by atoms with van der Waals surface area (Å²) in [4.78, 5) is 57.2. The number of nitrogens with zero attached hydrogens (tertiary/aromatic N) is 2. The number of anilines is 2. The van der Waals surface area contributed by atoms with E-state index in [-0.39, 0.29) is 108 Å². The van der Waals surface area contributed by atoms with Crippen LogP contribution in [0.4, 0.5) is 16.2 Å². The van der Waals surface area contributed by atoms with E-state index in [1.54, 1.807) is 45.0 Å². The molecule has 0 unspecified atom stereocenters. The molecule has 28 heteroatoms. The molecule has 0 bridgehead atoms. The van der Waals surface area contributed by atoms with Crippen LogP contribution in [0.1, 0.15) is 91.9 Å². The van der Waals surface area contributed by atoms with Crippen LogP contribution >= 0.6 is 115 Å². The largest absolute Gasteiger partial charge is 1.00 e. The molecule has 0 aromatic heterocycles. The van der Waals surface area contributed by atoms with Crippen LogP contribution in [-0.4, -0.2) is 90.6 Å². The molecule has 4 aromatic rings. The molecule has 18 nitrogen and oxygen atoms in total. The molecule has 2 fully saturated rings. The average Bonchev–Trinajstić information content (AvgIpc) is 4.04. The number of benzene rings is 4. The zero-order valence-corrected chi connectivity index (χ0v) is 48.6. The molecule has 4 aromatic carbocycles. The number of hydrogen-bond acceptors (Lipinski definition) is 16. The molecule has 5 aliphatic heterocycles. The van der Waals surface area contributed by atoms with E-state index < -0.39 is 40.5 Å². The van der Waals surface area contributed by atoms with E-state index in [0.717, 1.165) is 14.7 Å². The van der Waals surface area contributed by atoms with Gasteiger partial charge in [-0.15, -0.1) is 0 Å². The summed E-state index contributed by atoms with van der Waals surface area (Å²) in [6.45, 7) is 6.71. The zero-order chi connectivity index (χ0) is 51.4. The van der Waals surface area contributed by atoms with Crippen LogP contribution in [0.15, 0.2) is 36.4 Å². The number of nitrogen functional groups attached to an aromatic ring is 2. The Morgan fingerprint density at radius 1 is 0.803 bits per heavy atom. The number of halogens is 8. The first-order valence-electron chi connectivity index (χ1n) is 19.6. The van der Waals surface area contributed by atoms with Crippen LogP contribution < -0.4 is 46.1 Å². The molecule has 5 heterocycles. The third-order valence-electron chi connectivity index (χ3n) is 9.88. The Kier molecular flexibility index (Phi) is 23.4. The Morgan fingerprint density at radius 3 is 1.89 bits per heavy atom. The van der Waals surface area contributed by atoms with Crippen LogP contribution in [0.5, 0.6) is 0 Å². The van der Waals surface area contributed by atoms with Crippen molar-refractivity contribution in [1.29, 1.82) is 0 Å². The SMILES string of the molecule is C.CC(C)(C)OC(=O)N1CCN2[C@@H](COS2(=O)=O)C1.Nc1c(Cl)cc2c(c1Cl)COC2=O.Nc1ccc2c(c1)COC2=O.O=C([O-])c1cc(Cl)c(I)c(Cl)c1CO.O=C1OCc2c1cc(Cl)c(I)c2Cl.[Na+]. The van der Waals surface area contributed by atoms with E-state index in [4.69, 9.17) is 109 Å². The first-order chi connectivity index (χ1) is 32.2. The van der Waals surface area contributed by atoms with Crippen LogP contribution in [-0.2, 0) is 59.9 Å². The maximum Gasteiger partial charge on any atom is 1.00 e. The monoisotopic (exact) mass is 1360 g/mol. The number of esters is 3. The number of carbonyl (C=O) groups is 5. The fourth-order valence-corrected chi connectivity index (χ4v) is 10.3. The number of hydrogen-bond donors (Lipinski definition) is 3. The van der Waals surface area contributed by atoms with Gasteiger partial charge in [-0.1, -0.05) is 77.0 Å². The van der Waals surface area contributed by atoms with Crippen molar-refractivity contribution >= 4 is 166 Å². The summed E-state index contributed by atoms with van der Waals surface area (Å²) < 4.78 is 49.9. The van der Waals surface area contributed by atoms with Gasteiger partial charge in [0.15, 0.2) is 0 Å². The third-order valence-corrected chi connectivity index (χ3v) is 17.1. The van der Waals surface area contributed by atoms with E-state index in [0.29, 0.717) is 72.0 Å². The molecule has 0 radical (unpaired) electrons. The maximum atomic E-state index is 11.9. The second kappa shape index (κ2) is 26.4. The molecular weight excluding hydrogens is 1320 g/mol. The molecule has 0 saturated carbocycles. The number of rotatable bonds is 2. The van der Waals surface area contributed by atoms with Crippen molar-refractivity contribution in [2.75, 3.05) is 37.7 Å². The number of aromatic carboxylic acids is 1. The Balaban J connectivity index is 0.000000235.